The van der Waals surface area contributed by atoms with E-state index in [1.807, 2.05) is 20.8 Å². The van der Waals surface area contributed by atoms with Gasteiger partial charge < -0.3 is 19.8 Å². The molecular formula is C17H36N2O3Si. The van der Waals surface area contributed by atoms with Gasteiger partial charge in [0.25, 0.3) is 0 Å². The van der Waals surface area contributed by atoms with Crippen LogP contribution < -0.4 is 5.73 Å². The smallest absolute Gasteiger partial charge is 0.410 e. The molecule has 1 saturated heterocycles. The highest BCUT2D eigenvalue weighted by Crippen LogP contribution is 2.39. The highest BCUT2D eigenvalue weighted by atomic mass is 28.4. The molecule has 0 aromatic carbocycles. The molecule has 0 aromatic heterocycles. The van der Waals surface area contributed by atoms with Crippen LogP contribution >= 0.6 is 0 Å². The summed E-state index contributed by atoms with van der Waals surface area (Å²) in [6, 6.07) is 0. The zero-order valence-corrected chi connectivity index (χ0v) is 17.2. The molecule has 0 spiro atoms. The number of ether oxygens (including phenoxy) is 1. The number of amides is 1. The van der Waals surface area contributed by atoms with Crippen molar-refractivity contribution in [3.05, 3.63) is 0 Å². The van der Waals surface area contributed by atoms with Gasteiger partial charge in [0.2, 0.25) is 0 Å². The van der Waals surface area contributed by atoms with E-state index in [4.69, 9.17) is 14.9 Å². The third-order valence-corrected chi connectivity index (χ3v) is 9.38. The molecule has 1 amide bonds. The number of nitrogens with zero attached hydrogens (tertiary/aromatic N) is 1. The Balaban J connectivity index is 2.71. The lowest BCUT2D eigenvalue weighted by Crippen LogP contribution is -2.54. The molecule has 1 fully saturated rings. The van der Waals surface area contributed by atoms with Crippen molar-refractivity contribution < 1.29 is 14.0 Å². The van der Waals surface area contributed by atoms with Crippen LogP contribution in [-0.4, -0.2) is 50.6 Å². The van der Waals surface area contributed by atoms with Gasteiger partial charge in [-0.2, -0.15) is 0 Å². The Labute approximate surface area is 143 Å². The van der Waals surface area contributed by atoms with Crippen molar-refractivity contribution in [1.29, 1.82) is 0 Å². The van der Waals surface area contributed by atoms with Crippen molar-refractivity contribution in [2.24, 2.45) is 11.7 Å². The van der Waals surface area contributed by atoms with Crippen LogP contribution in [-0.2, 0) is 9.16 Å². The van der Waals surface area contributed by atoms with E-state index in [9.17, 15) is 4.79 Å². The van der Waals surface area contributed by atoms with Gasteiger partial charge in [-0.15, -0.1) is 0 Å². The lowest BCUT2D eigenvalue weighted by atomic mass is 9.95. The van der Waals surface area contributed by atoms with Gasteiger partial charge in [0.1, 0.15) is 5.60 Å². The Morgan fingerprint density at radius 2 is 1.78 bits per heavy atom. The van der Waals surface area contributed by atoms with Crippen LogP contribution in [0.5, 0.6) is 0 Å². The van der Waals surface area contributed by atoms with Crippen LogP contribution in [0.3, 0.4) is 0 Å². The maximum absolute atomic E-state index is 12.3. The van der Waals surface area contributed by atoms with Gasteiger partial charge in [-0.3, -0.25) is 0 Å². The Morgan fingerprint density at radius 3 is 2.22 bits per heavy atom. The summed E-state index contributed by atoms with van der Waals surface area (Å²) >= 11 is 0. The lowest BCUT2D eigenvalue weighted by Gasteiger charge is -2.45. The van der Waals surface area contributed by atoms with E-state index in [1.165, 1.54) is 0 Å². The Morgan fingerprint density at radius 1 is 1.22 bits per heavy atom. The second-order valence-electron chi connectivity index (χ2n) is 9.13. The van der Waals surface area contributed by atoms with E-state index >= 15 is 0 Å². The van der Waals surface area contributed by atoms with Crippen LogP contribution in [0.25, 0.3) is 0 Å². The molecule has 23 heavy (non-hydrogen) atoms. The third-order valence-electron chi connectivity index (χ3n) is 4.87. The van der Waals surface area contributed by atoms with E-state index in [-0.39, 0.29) is 23.2 Å². The molecule has 0 unspecified atom stereocenters. The molecule has 0 radical (unpaired) electrons. The van der Waals surface area contributed by atoms with E-state index < -0.39 is 13.9 Å². The quantitative estimate of drug-likeness (QED) is 0.795. The zero-order chi connectivity index (χ0) is 18.1. The van der Waals surface area contributed by atoms with Crippen LogP contribution in [0.15, 0.2) is 0 Å². The number of hydrogen-bond donors (Lipinski definition) is 1. The molecule has 1 aliphatic heterocycles. The summed E-state index contributed by atoms with van der Waals surface area (Å²) in [7, 11) is -1.83. The number of carbonyl (C=O) groups excluding carboxylic acids is 1. The van der Waals surface area contributed by atoms with Gasteiger partial charge in [-0.05, 0) is 51.9 Å². The van der Waals surface area contributed by atoms with Crippen molar-refractivity contribution in [2.45, 2.75) is 77.8 Å². The maximum atomic E-state index is 12.3. The summed E-state index contributed by atoms with van der Waals surface area (Å²) in [5, 5.41) is 0.175. The molecule has 1 heterocycles. The highest BCUT2D eigenvalue weighted by Gasteiger charge is 2.42. The van der Waals surface area contributed by atoms with Crippen molar-refractivity contribution in [2.75, 3.05) is 19.6 Å². The minimum atomic E-state index is -1.83. The van der Waals surface area contributed by atoms with Gasteiger partial charge in [0, 0.05) is 19.0 Å². The summed E-state index contributed by atoms with van der Waals surface area (Å²) in [5.74, 6) is 0.172. The minimum absolute atomic E-state index is 0.138. The van der Waals surface area contributed by atoms with Crippen molar-refractivity contribution in [3.8, 4) is 0 Å². The van der Waals surface area contributed by atoms with Crippen LogP contribution in [0.4, 0.5) is 4.79 Å². The first kappa shape index (κ1) is 20.5. The summed E-state index contributed by atoms with van der Waals surface area (Å²) < 4.78 is 12.0. The molecule has 0 aliphatic carbocycles. The Hall–Kier alpha value is -0.593. The van der Waals surface area contributed by atoms with Crippen molar-refractivity contribution in [1.82, 2.24) is 4.90 Å². The van der Waals surface area contributed by atoms with Crippen LogP contribution in [0.1, 0.15) is 48.0 Å². The van der Waals surface area contributed by atoms with Gasteiger partial charge in [0.05, 0.1) is 6.10 Å². The number of nitrogens with two attached hydrogens (primary N) is 1. The Bertz CT molecular complexity index is 413. The zero-order valence-electron chi connectivity index (χ0n) is 16.2. The van der Waals surface area contributed by atoms with Gasteiger partial charge in [0.15, 0.2) is 8.32 Å². The minimum Gasteiger partial charge on any atom is -0.444 e. The second kappa shape index (κ2) is 7.11. The molecule has 6 heteroatoms. The molecule has 5 nitrogen and oxygen atoms in total. The molecule has 2 N–H and O–H groups in total. The van der Waals surface area contributed by atoms with Crippen molar-refractivity contribution >= 4 is 14.4 Å². The fraction of sp³-hybridized carbons (Fsp3) is 0.941. The van der Waals surface area contributed by atoms with Crippen LogP contribution in [0, 0.1) is 5.92 Å². The molecule has 136 valence electrons. The van der Waals surface area contributed by atoms with Crippen LogP contribution in [0.2, 0.25) is 18.1 Å². The highest BCUT2D eigenvalue weighted by molar-refractivity contribution is 6.74. The van der Waals surface area contributed by atoms with Crippen molar-refractivity contribution in [3.63, 3.8) is 0 Å². The Kier molecular flexibility index (Phi) is 6.32. The SMILES string of the molecule is CC(C)(C)OC(=O)N1CC[C@H](O[Si](C)(C)C(C)(C)C)[C@@H](CN)C1. The number of likely N-dealkylation sites (tertiary alicyclic amines) is 1. The molecule has 0 aromatic rings. The number of carbonyl (C=O) groups is 1. The first-order valence-electron chi connectivity index (χ1n) is 8.62. The molecule has 2 atom stereocenters. The van der Waals surface area contributed by atoms with Gasteiger partial charge in [-0.25, -0.2) is 4.79 Å². The predicted molar refractivity (Wildman–Crippen MR) is 97.0 cm³/mol. The maximum Gasteiger partial charge on any atom is 0.410 e. The first-order chi connectivity index (χ1) is 10.3. The second-order valence-corrected chi connectivity index (χ2v) is 13.9. The fourth-order valence-electron chi connectivity index (χ4n) is 2.44. The molecule has 1 rings (SSSR count). The molecule has 0 saturated carbocycles. The average Bonchev–Trinajstić information content (AvgIpc) is 2.35. The summed E-state index contributed by atoms with van der Waals surface area (Å²) in [6.07, 6.45) is 0.717. The normalized spacial score (nSPS) is 23.8. The molecule has 1 aliphatic rings. The summed E-state index contributed by atoms with van der Waals surface area (Å²) in [5.41, 5.74) is 5.50. The molecule has 0 bridgehead atoms. The summed E-state index contributed by atoms with van der Waals surface area (Å²) in [6.45, 7) is 18.7. The number of rotatable bonds is 3. The summed E-state index contributed by atoms with van der Waals surface area (Å²) in [4.78, 5) is 14.0. The fourth-order valence-corrected chi connectivity index (χ4v) is 3.86. The van der Waals surface area contributed by atoms with E-state index in [0.29, 0.717) is 19.6 Å². The van der Waals surface area contributed by atoms with Gasteiger partial charge in [-0.1, -0.05) is 20.8 Å². The van der Waals surface area contributed by atoms with E-state index in [1.54, 1.807) is 4.90 Å². The van der Waals surface area contributed by atoms with E-state index in [0.717, 1.165) is 6.42 Å². The van der Waals surface area contributed by atoms with Gasteiger partial charge >= 0.3 is 6.09 Å². The predicted octanol–water partition coefficient (Wildman–Crippen LogP) is 3.59. The standard InChI is InChI=1S/C17H36N2O3Si/c1-16(2,3)21-15(20)19-10-9-14(13(11-18)12-19)22-23(7,8)17(4,5)6/h13-14H,9-12,18H2,1-8H3/t13-,14-/m0/s1. The third kappa shape index (κ3) is 5.76. The topological polar surface area (TPSA) is 64.8 Å². The first-order valence-corrected chi connectivity index (χ1v) is 11.5. The number of piperidine rings is 1. The van der Waals surface area contributed by atoms with E-state index in [2.05, 4.69) is 33.9 Å². The molecular weight excluding hydrogens is 308 g/mol. The lowest BCUT2D eigenvalue weighted by molar-refractivity contribution is -0.00360. The average molecular weight is 345 g/mol. The number of hydrogen-bond acceptors (Lipinski definition) is 4. The monoisotopic (exact) mass is 344 g/mol. The largest absolute Gasteiger partial charge is 0.444 e.